The van der Waals surface area contributed by atoms with Gasteiger partial charge in [-0.05, 0) is 44.0 Å². The topological polar surface area (TPSA) is 52.1 Å². The summed E-state index contributed by atoms with van der Waals surface area (Å²) in [5, 5.41) is 6.90. The highest BCUT2D eigenvalue weighted by molar-refractivity contribution is 14.0. The molecule has 1 aromatic rings. The quantitative estimate of drug-likeness (QED) is 0.333. The van der Waals surface area contributed by atoms with E-state index in [1.54, 1.807) is 0 Å². The first kappa shape index (κ1) is 24.4. The first-order chi connectivity index (χ1) is 13.7. The Morgan fingerprint density at radius 1 is 1.10 bits per heavy atom. The lowest BCUT2D eigenvalue weighted by molar-refractivity contribution is -0.0212. The average molecular weight is 515 g/mol. The maximum atomic E-state index is 5.64. The van der Waals surface area contributed by atoms with Gasteiger partial charge in [0.2, 0.25) is 0 Å². The van der Waals surface area contributed by atoms with Crippen molar-refractivity contribution >= 4 is 29.9 Å². The van der Waals surface area contributed by atoms with Crippen molar-refractivity contribution in [2.75, 3.05) is 52.9 Å². The van der Waals surface area contributed by atoms with Crippen LogP contribution in [0.4, 0.5) is 0 Å². The summed E-state index contributed by atoms with van der Waals surface area (Å²) in [6.07, 6.45) is 4.40. The highest BCUT2D eigenvalue weighted by Gasteiger charge is 2.16. The number of nitrogens with zero attached hydrogens (tertiary/aromatic N) is 3. The molecule has 3 rings (SSSR count). The van der Waals surface area contributed by atoms with Crippen molar-refractivity contribution < 1.29 is 4.74 Å². The lowest BCUT2D eigenvalue weighted by Gasteiger charge is -2.31. The number of halogens is 1. The molecule has 0 radical (unpaired) electrons. The van der Waals surface area contributed by atoms with Crippen LogP contribution in [0.5, 0.6) is 0 Å². The van der Waals surface area contributed by atoms with Gasteiger partial charge in [0.1, 0.15) is 0 Å². The van der Waals surface area contributed by atoms with Crippen molar-refractivity contribution in [2.45, 2.75) is 45.4 Å². The van der Waals surface area contributed by atoms with E-state index in [9.17, 15) is 0 Å². The molecule has 6 nitrogen and oxygen atoms in total. The molecule has 0 aromatic heterocycles. The van der Waals surface area contributed by atoms with Crippen LogP contribution in [0.3, 0.4) is 0 Å². The smallest absolute Gasteiger partial charge is 0.191 e. The second kappa shape index (κ2) is 13.4. The Morgan fingerprint density at radius 2 is 1.90 bits per heavy atom. The van der Waals surface area contributed by atoms with Gasteiger partial charge < -0.3 is 20.3 Å². The van der Waals surface area contributed by atoms with Crippen molar-refractivity contribution in [2.24, 2.45) is 4.99 Å². The first-order valence-corrected chi connectivity index (χ1v) is 10.8. The SMILES string of the molecule is CN=C(NCCN1CCCCC1)NCc1cccc(CN2CCOC(C)C2)c1.I. The van der Waals surface area contributed by atoms with E-state index in [0.717, 1.165) is 51.8 Å². The number of aliphatic imine (C=N–C) groups is 1. The standard InChI is InChI=1S/C22H37N5O.HI/c1-19-17-27(13-14-28-19)18-21-8-6-7-20(15-21)16-25-22(23-2)24-9-12-26-10-4-3-5-11-26;/h6-8,15,19H,3-5,9-14,16-18H2,1-2H3,(H2,23,24,25);1H. The molecule has 1 atom stereocenters. The van der Waals surface area contributed by atoms with Crippen molar-refractivity contribution in [3.8, 4) is 0 Å². The molecule has 1 unspecified atom stereocenters. The Kier molecular flexibility index (Phi) is 11.3. The second-order valence-electron chi connectivity index (χ2n) is 7.99. The van der Waals surface area contributed by atoms with Crippen LogP contribution in [0.2, 0.25) is 0 Å². The molecule has 2 aliphatic rings. The number of ether oxygens (including phenoxy) is 1. The third kappa shape index (κ3) is 8.78. The van der Waals surface area contributed by atoms with Crippen molar-refractivity contribution in [1.82, 2.24) is 20.4 Å². The fourth-order valence-corrected chi connectivity index (χ4v) is 4.05. The van der Waals surface area contributed by atoms with Crippen LogP contribution in [0.1, 0.15) is 37.3 Å². The van der Waals surface area contributed by atoms with Crippen LogP contribution in [-0.2, 0) is 17.8 Å². The van der Waals surface area contributed by atoms with Gasteiger partial charge in [0.25, 0.3) is 0 Å². The van der Waals surface area contributed by atoms with E-state index < -0.39 is 0 Å². The van der Waals surface area contributed by atoms with Gasteiger partial charge in [-0.15, -0.1) is 24.0 Å². The van der Waals surface area contributed by atoms with Gasteiger partial charge in [-0.25, -0.2) is 0 Å². The molecule has 2 fully saturated rings. The molecule has 7 heteroatoms. The van der Waals surface area contributed by atoms with Crippen molar-refractivity contribution in [1.29, 1.82) is 0 Å². The zero-order valence-corrected chi connectivity index (χ0v) is 20.4. The fraction of sp³-hybridized carbons (Fsp3) is 0.682. The summed E-state index contributed by atoms with van der Waals surface area (Å²) in [6.45, 7) is 11.3. The minimum Gasteiger partial charge on any atom is -0.376 e. The molecule has 0 saturated carbocycles. The minimum atomic E-state index is 0. The van der Waals surface area contributed by atoms with E-state index in [-0.39, 0.29) is 24.0 Å². The molecule has 0 amide bonds. The van der Waals surface area contributed by atoms with Gasteiger partial charge in [-0.2, -0.15) is 0 Å². The summed E-state index contributed by atoms with van der Waals surface area (Å²) in [4.78, 5) is 9.38. The molecule has 2 saturated heterocycles. The van der Waals surface area contributed by atoms with Crippen LogP contribution in [0.25, 0.3) is 0 Å². The molecule has 0 spiro atoms. The summed E-state index contributed by atoms with van der Waals surface area (Å²) < 4.78 is 5.64. The highest BCUT2D eigenvalue weighted by atomic mass is 127. The number of morpholine rings is 1. The highest BCUT2D eigenvalue weighted by Crippen LogP contribution is 2.12. The van der Waals surface area contributed by atoms with Crippen LogP contribution in [0.15, 0.2) is 29.3 Å². The lowest BCUT2D eigenvalue weighted by atomic mass is 10.1. The Balaban J connectivity index is 0.00000300. The largest absolute Gasteiger partial charge is 0.376 e. The van der Waals surface area contributed by atoms with E-state index in [1.807, 2.05) is 7.05 Å². The Labute approximate surface area is 193 Å². The van der Waals surface area contributed by atoms with Gasteiger partial charge in [0.05, 0.1) is 12.7 Å². The van der Waals surface area contributed by atoms with E-state index in [1.165, 1.54) is 43.5 Å². The molecular weight excluding hydrogens is 477 g/mol. The lowest BCUT2D eigenvalue weighted by Crippen LogP contribution is -2.42. The maximum absolute atomic E-state index is 5.64. The van der Waals surface area contributed by atoms with E-state index in [4.69, 9.17) is 4.74 Å². The normalized spacial score (nSPS) is 21.4. The minimum absolute atomic E-state index is 0. The van der Waals surface area contributed by atoms with E-state index >= 15 is 0 Å². The summed E-state index contributed by atoms with van der Waals surface area (Å²) in [5.41, 5.74) is 2.65. The predicted molar refractivity (Wildman–Crippen MR) is 131 cm³/mol. The Bertz CT molecular complexity index is 621. The first-order valence-electron chi connectivity index (χ1n) is 10.8. The zero-order valence-electron chi connectivity index (χ0n) is 18.0. The Hall–Kier alpha value is -0.900. The van der Waals surface area contributed by atoms with E-state index in [2.05, 4.69) is 56.6 Å². The summed E-state index contributed by atoms with van der Waals surface area (Å²) in [7, 11) is 1.84. The number of hydrogen-bond acceptors (Lipinski definition) is 4. The van der Waals surface area contributed by atoms with Gasteiger partial charge in [-0.3, -0.25) is 9.89 Å². The number of likely N-dealkylation sites (tertiary alicyclic amines) is 1. The summed E-state index contributed by atoms with van der Waals surface area (Å²) in [6, 6.07) is 8.85. The van der Waals surface area contributed by atoms with Crippen LogP contribution < -0.4 is 10.6 Å². The third-order valence-corrected chi connectivity index (χ3v) is 5.58. The number of guanidine groups is 1. The van der Waals surface area contributed by atoms with Gasteiger partial charge in [0.15, 0.2) is 5.96 Å². The number of piperidine rings is 1. The fourth-order valence-electron chi connectivity index (χ4n) is 4.05. The molecule has 2 N–H and O–H groups in total. The predicted octanol–water partition coefficient (Wildman–Crippen LogP) is 2.68. The third-order valence-electron chi connectivity index (χ3n) is 5.58. The molecule has 29 heavy (non-hydrogen) atoms. The van der Waals surface area contributed by atoms with Crippen LogP contribution in [-0.4, -0.2) is 74.8 Å². The number of nitrogens with one attached hydrogen (secondary N) is 2. The van der Waals surface area contributed by atoms with E-state index in [0.29, 0.717) is 6.10 Å². The Morgan fingerprint density at radius 3 is 2.66 bits per heavy atom. The molecule has 0 aliphatic carbocycles. The molecule has 2 heterocycles. The zero-order chi connectivity index (χ0) is 19.6. The van der Waals surface area contributed by atoms with Crippen molar-refractivity contribution in [3.05, 3.63) is 35.4 Å². The monoisotopic (exact) mass is 515 g/mol. The molecule has 1 aromatic carbocycles. The number of rotatable bonds is 7. The molecule has 0 bridgehead atoms. The molecule has 164 valence electrons. The maximum Gasteiger partial charge on any atom is 0.191 e. The van der Waals surface area contributed by atoms with Gasteiger partial charge >= 0.3 is 0 Å². The number of hydrogen-bond donors (Lipinski definition) is 2. The van der Waals surface area contributed by atoms with Gasteiger partial charge in [0, 0.05) is 46.3 Å². The van der Waals surface area contributed by atoms with Gasteiger partial charge in [-0.1, -0.05) is 30.7 Å². The molecular formula is C22H38IN5O. The molecule has 2 aliphatic heterocycles. The average Bonchev–Trinajstić information content (AvgIpc) is 2.71. The van der Waals surface area contributed by atoms with Crippen LogP contribution in [0, 0.1) is 0 Å². The second-order valence-corrected chi connectivity index (χ2v) is 7.99. The van der Waals surface area contributed by atoms with Crippen molar-refractivity contribution in [3.63, 3.8) is 0 Å². The number of benzene rings is 1. The summed E-state index contributed by atoms with van der Waals surface area (Å²) in [5.74, 6) is 0.879. The van der Waals surface area contributed by atoms with Crippen LogP contribution >= 0.6 is 24.0 Å². The summed E-state index contributed by atoms with van der Waals surface area (Å²) >= 11 is 0.